The second kappa shape index (κ2) is 6.75. The number of alkyl carbamates (subject to hydrolysis) is 1. The third-order valence-electron chi connectivity index (χ3n) is 2.95. The number of nitrogens with one attached hydrogen (secondary N) is 1. The molecule has 1 saturated heterocycles. The SMILES string of the molecule is CC(C)(C)OC(=O)NCC(C(=O)O)C1CCCOC1. The second-order valence-corrected chi connectivity index (χ2v) is 5.80. The summed E-state index contributed by atoms with van der Waals surface area (Å²) in [4.78, 5) is 22.8. The minimum absolute atomic E-state index is 0.0545. The lowest BCUT2D eigenvalue weighted by atomic mass is 9.88. The third-order valence-corrected chi connectivity index (χ3v) is 2.95. The minimum Gasteiger partial charge on any atom is -0.481 e. The molecule has 0 aromatic carbocycles. The number of amides is 1. The zero-order valence-corrected chi connectivity index (χ0v) is 11.8. The number of ether oxygens (including phenoxy) is 2. The molecule has 1 fully saturated rings. The maximum absolute atomic E-state index is 11.5. The highest BCUT2D eigenvalue weighted by molar-refractivity contribution is 5.73. The van der Waals surface area contributed by atoms with Crippen LogP contribution in [0.25, 0.3) is 0 Å². The van der Waals surface area contributed by atoms with Gasteiger partial charge in [-0.15, -0.1) is 0 Å². The highest BCUT2D eigenvalue weighted by Gasteiger charge is 2.30. The van der Waals surface area contributed by atoms with Gasteiger partial charge in [0.15, 0.2) is 0 Å². The van der Waals surface area contributed by atoms with Crippen LogP contribution in [0, 0.1) is 11.8 Å². The van der Waals surface area contributed by atoms with Crippen LogP contribution in [0.4, 0.5) is 4.79 Å². The molecule has 1 aliphatic heterocycles. The molecular weight excluding hydrogens is 250 g/mol. The quantitative estimate of drug-likeness (QED) is 0.813. The Bertz CT molecular complexity index is 317. The Labute approximate surface area is 113 Å². The van der Waals surface area contributed by atoms with Gasteiger partial charge < -0.3 is 19.9 Å². The fourth-order valence-corrected chi connectivity index (χ4v) is 2.05. The van der Waals surface area contributed by atoms with Crippen LogP contribution in [-0.2, 0) is 14.3 Å². The van der Waals surface area contributed by atoms with Crippen molar-refractivity contribution in [2.24, 2.45) is 11.8 Å². The number of aliphatic carboxylic acids is 1. The Morgan fingerprint density at radius 1 is 1.47 bits per heavy atom. The molecule has 19 heavy (non-hydrogen) atoms. The summed E-state index contributed by atoms with van der Waals surface area (Å²) in [5.41, 5.74) is -0.587. The van der Waals surface area contributed by atoms with Gasteiger partial charge in [-0.05, 0) is 39.5 Å². The van der Waals surface area contributed by atoms with Crippen LogP contribution >= 0.6 is 0 Å². The molecule has 0 saturated carbocycles. The molecule has 0 aromatic rings. The molecule has 0 radical (unpaired) electrons. The van der Waals surface area contributed by atoms with E-state index >= 15 is 0 Å². The number of carboxylic acids is 1. The van der Waals surface area contributed by atoms with Crippen molar-refractivity contribution in [3.8, 4) is 0 Å². The zero-order chi connectivity index (χ0) is 14.5. The summed E-state index contributed by atoms with van der Waals surface area (Å²) in [5, 5.41) is 11.7. The summed E-state index contributed by atoms with van der Waals surface area (Å²) < 4.78 is 10.4. The molecule has 1 aliphatic rings. The standard InChI is InChI=1S/C13H23NO5/c1-13(2,3)19-12(17)14-7-10(11(15)16)9-5-4-6-18-8-9/h9-10H,4-8H2,1-3H3,(H,14,17)(H,15,16). The van der Waals surface area contributed by atoms with Crippen LogP contribution in [0.3, 0.4) is 0 Å². The van der Waals surface area contributed by atoms with Gasteiger partial charge in [-0.2, -0.15) is 0 Å². The molecule has 2 unspecified atom stereocenters. The van der Waals surface area contributed by atoms with Gasteiger partial charge in [-0.1, -0.05) is 0 Å². The zero-order valence-electron chi connectivity index (χ0n) is 11.8. The number of carboxylic acid groups (broad SMARTS) is 1. The molecule has 1 rings (SSSR count). The van der Waals surface area contributed by atoms with Crippen molar-refractivity contribution >= 4 is 12.1 Å². The normalized spacial score (nSPS) is 21.5. The van der Waals surface area contributed by atoms with E-state index in [1.807, 2.05) is 0 Å². The van der Waals surface area contributed by atoms with Crippen molar-refractivity contribution < 1.29 is 24.2 Å². The molecule has 0 aliphatic carbocycles. The summed E-state index contributed by atoms with van der Waals surface area (Å²) in [5.74, 6) is -1.60. The average Bonchev–Trinajstić information content (AvgIpc) is 2.27. The van der Waals surface area contributed by atoms with E-state index in [1.54, 1.807) is 20.8 Å². The van der Waals surface area contributed by atoms with Gasteiger partial charge in [0.25, 0.3) is 0 Å². The van der Waals surface area contributed by atoms with Gasteiger partial charge in [-0.25, -0.2) is 4.79 Å². The average molecular weight is 273 g/mol. The lowest BCUT2D eigenvalue weighted by molar-refractivity contribution is -0.145. The van der Waals surface area contributed by atoms with Crippen molar-refractivity contribution in [3.63, 3.8) is 0 Å². The van der Waals surface area contributed by atoms with Crippen molar-refractivity contribution in [3.05, 3.63) is 0 Å². The van der Waals surface area contributed by atoms with Gasteiger partial charge in [0, 0.05) is 13.2 Å². The van der Waals surface area contributed by atoms with Gasteiger partial charge in [0.2, 0.25) is 0 Å². The number of carbonyl (C=O) groups excluding carboxylic acids is 1. The van der Waals surface area contributed by atoms with Gasteiger partial charge in [0.05, 0.1) is 12.5 Å². The fourth-order valence-electron chi connectivity index (χ4n) is 2.05. The maximum Gasteiger partial charge on any atom is 0.407 e. The molecule has 1 amide bonds. The van der Waals surface area contributed by atoms with E-state index in [0.29, 0.717) is 13.2 Å². The molecule has 0 bridgehead atoms. The van der Waals surface area contributed by atoms with E-state index in [-0.39, 0.29) is 12.5 Å². The molecule has 110 valence electrons. The molecule has 0 aromatic heterocycles. The largest absolute Gasteiger partial charge is 0.481 e. The number of hydrogen-bond donors (Lipinski definition) is 2. The lowest BCUT2D eigenvalue weighted by Crippen LogP contribution is -2.41. The van der Waals surface area contributed by atoms with E-state index in [0.717, 1.165) is 12.8 Å². The van der Waals surface area contributed by atoms with Crippen LogP contribution in [0.1, 0.15) is 33.6 Å². The van der Waals surface area contributed by atoms with Crippen LogP contribution in [0.5, 0.6) is 0 Å². The van der Waals surface area contributed by atoms with E-state index in [2.05, 4.69) is 5.32 Å². The first-order chi connectivity index (χ1) is 8.79. The van der Waals surface area contributed by atoms with E-state index < -0.39 is 23.6 Å². The molecule has 6 nitrogen and oxygen atoms in total. The van der Waals surface area contributed by atoms with Crippen LogP contribution in [0.2, 0.25) is 0 Å². The molecule has 2 atom stereocenters. The first-order valence-corrected chi connectivity index (χ1v) is 6.57. The summed E-state index contributed by atoms with van der Waals surface area (Å²) in [6.45, 7) is 6.47. The topological polar surface area (TPSA) is 84.9 Å². The highest BCUT2D eigenvalue weighted by Crippen LogP contribution is 2.22. The van der Waals surface area contributed by atoms with Crippen molar-refractivity contribution in [2.75, 3.05) is 19.8 Å². The predicted molar refractivity (Wildman–Crippen MR) is 68.9 cm³/mol. The maximum atomic E-state index is 11.5. The van der Waals surface area contributed by atoms with E-state index in [1.165, 1.54) is 0 Å². The van der Waals surface area contributed by atoms with Gasteiger partial charge >= 0.3 is 12.1 Å². The van der Waals surface area contributed by atoms with Crippen LogP contribution in [-0.4, -0.2) is 42.5 Å². The van der Waals surface area contributed by atoms with Crippen molar-refractivity contribution in [1.82, 2.24) is 5.32 Å². The molecule has 2 N–H and O–H groups in total. The van der Waals surface area contributed by atoms with Gasteiger partial charge in [-0.3, -0.25) is 4.79 Å². The Kier molecular flexibility index (Phi) is 5.60. The number of hydrogen-bond acceptors (Lipinski definition) is 4. The van der Waals surface area contributed by atoms with Crippen LogP contribution in [0.15, 0.2) is 0 Å². The Morgan fingerprint density at radius 3 is 2.63 bits per heavy atom. The lowest BCUT2D eigenvalue weighted by Gasteiger charge is -2.28. The van der Waals surface area contributed by atoms with Crippen molar-refractivity contribution in [1.29, 1.82) is 0 Å². The van der Waals surface area contributed by atoms with E-state index in [4.69, 9.17) is 9.47 Å². The fraction of sp³-hybridized carbons (Fsp3) is 0.846. The van der Waals surface area contributed by atoms with Crippen molar-refractivity contribution in [2.45, 2.75) is 39.2 Å². The van der Waals surface area contributed by atoms with Crippen LogP contribution < -0.4 is 5.32 Å². The smallest absolute Gasteiger partial charge is 0.407 e. The predicted octanol–water partition coefficient (Wildman–Crippen LogP) is 1.64. The Morgan fingerprint density at radius 2 is 2.16 bits per heavy atom. The minimum atomic E-state index is -0.911. The van der Waals surface area contributed by atoms with E-state index in [9.17, 15) is 14.7 Å². The monoisotopic (exact) mass is 273 g/mol. The summed E-state index contributed by atoms with van der Waals surface area (Å²) in [6.07, 6.45) is 1.09. The first kappa shape index (κ1) is 15.8. The Hall–Kier alpha value is -1.30. The molecular formula is C13H23NO5. The number of carbonyl (C=O) groups is 2. The molecule has 1 heterocycles. The molecule has 6 heteroatoms. The summed E-state index contributed by atoms with van der Waals surface area (Å²) >= 11 is 0. The molecule has 0 spiro atoms. The Balaban J connectivity index is 2.45. The van der Waals surface area contributed by atoms with Gasteiger partial charge in [0.1, 0.15) is 5.60 Å². The number of rotatable bonds is 4. The third kappa shape index (κ3) is 5.92. The summed E-state index contributed by atoms with van der Waals surface area (Å²) in [6, 6.07) is 0. The highest BCUT2D eigenvalue weighted by atomic mass is 16.6. The summed E-state index contributed by atoms with van der Waals surface area (Å²) in [7, 11) is 0. The first-order valence-electron chi connectivity index (χ1n) is 6.57. The second-order valence-electron chi connectivity index (χ2n) is 5.80.